The third-order valence-electron chi connectivity index (χ3n) is 2.87. The molecule has 2 N–H and O–H groups in total. The van der Waals surface area contributed by atoms with E-state index in [-0.39, 0.29) is 11.9 Å². The van der Waals surface area contributed by atoms with Gasteiger partial charge >= 0.3 is 0 Å². The van der Waals surface area contributed by atoms with E-state index in [1.165, 1.54) is 12.1 Å². The van der Waals surface area contributed by atoms with Crippen LogP contribution in [0.2, 0.25) is 0 Å². The van der Waals surface area contributed by atoms with Crippen molar-refractivity contribution >= 4 is 15.9 Å². The highest BCUT2D eigenvalue weighted by Gasteiger charge is 2.18. The number of halogens is 2. The molecule has 1 aromatic rings. The Morgan fingerprint density at radius 3 is 2.47 bits per heavy atom. The molecule has 0 aromatic heterocycles. The van der Waals surface area contributed by atoms with Gasteiger partial charge in [-0.15, -0.1) is 0 Å². The fourth-order valence-electron chi connectivity index (χ4n) is 1.82. The van der Waals surface area contributed by atoms with Gasteiger partial charge in [0.1, 0.15) is 5.82 Å². The monoisotopic (exact) mass is 273 g/mol. The summed E-state index contributed by atoms with van der Waals surface area (Å²) < 4.78 is 14.0. The number of rotatable bonds is 4. The summed E-state index contributed by atoms with van der Waals surface area (Å²) in [4.78, 5) is 0. The minimum atomic E-state index is -0.227. The van der Waals surface area contributed by atoms with Crippen LogP contribution in [-0.2, 0) is 0 Å². The van der Waals surface area contributed by atoms with Crippen molar-refractivity contribution in [3.63, 3.8) is 0 Å². The quantitative estimate of drug-likeness (QED) is 0.881. The fourth-order valence-corrected chi connectivity index (χ4v) is 2.33. The van der Waals surface area contributed by atoms with Crippen molar-refractivity contribution in [2.45, 2.75) is 32.7 Å². The molecule has 0 fully saturated rings. The first-order valence-electron chi connectivity index (χ1n) is 5.30. The molecule has 0 amide bonds. The zero-order valence-corrected chi connectivity index (χ0v) is 10.7. The largest absolute Gasteiger partial charge is 0.324 e. The summed E-state index contributed by atoms with van der Waals surface area (Å²) in [5.41, 5.74) is 7.00. The lowest BCUT2D eigenvalue weighted by atomic mass is 9.89. The van der Waals surface area contributed by atoms with Crippen molar-refractivity contribution in [3.05, 3.63) is 34.1 Å². The van der Waals surface area contributed by atoms with E-state index in [9.17, 15) is 4.39 Å². The molecule has 0 heterocycles. The Balaban J connectivity index is 2.98. The van der Waals surface area contributed by atoms with Crippen LogP contribution in [-0.4, -0.2) is 0 Å². The second-order valence-electron chi connectivity index (χ2n) is 3.77. The Morgan fingerprint density at radius 2 is 1.93 bits per heavy atom. The number of nitrogens with two attached hydrogens (primary N) is 1. The average molecular weight is 274 g/mol. The molecule has 15 heavy (non-hydrogen) atoms. The second kappa shape index (κ2) is 5.61. The van der Waals surface area contributed by atoms with E-state index in [2.05, 4.69) is 29.8 Å². The van der Waals surface area contributed by atoms with Gasteiger partial charge < -0.3 is 5.73 Å². The number of benzene rings is 1. The molecule has 84 valence electrons. The van der Waals surface area contributed by atoms with Crippen LogP contribution in [0.15, 0.2) is 22.7 Å². The first-order chi connectivity index (χ1) is 7.10. The van der Waals surface area contributed by atoms with Gasteiger partial charge in [0.2, 0.25) is 0 Å². The van der Waals surface area contributed by atoms with Crippen LogP contribution < -0.4 is 5.73 Å². The van der Waals surface area contributed by atoms with Gasteiger partial charge in [-0.1, -0.05) is 42.6 Å². The summed E-state index contributed by atoms with van der Waals surface area (Å²) in [5.74, 6) is 0.178. The van der Waals surface area contributed by atoms with Gasteiger partial charge in [-0.3, -0.25) is 0 Å². The highest BCUT2D eigenvalue weighted by molar-refractivity contribution is 9.10. The van der Waals surface area contributed by atoms with E-state index in [4.69, 9.17) is 5.73 Å². The minimum Gasteiger partial charge on any atom is -0.324 e. The Hall–Kier alpha value is -0.410. The second-order valence-corrected chi connectivity index (χ2v) is 4.62. The molecular formula is C12H17BrFN. The standard InChI is InChI=1S/C12H17BrFN/c1-3-8(4-2)12(15)10-7-9(14)5-6-11(10)13/h5-8,12H,3-4,15H2,1-2H3. The molecule has 1 aromatic carbocycles. The Morgan fingerprint density at radius 1 is 1.33 bits per heavy atom. The van der Waals surface area contributed by atoms with Gasteiger partial charge in [0, 0.05) is 10.5 Å². The van der Waals surface area contributed by atoms with E-state index < -0.39 is 0 Å². The third kappa shape index (κ3) is 3.02. The molecule has 0 saturated heterocycles. The van der Waals surface area contributed by atoms with Crippen LogP contribution in [0, 0.1) is 11.7 Å². The molecule has 0 radical (unpaired) electrons. The van der Waals surface area contributed by atoms with Gasteiger partial charge in [0.15, 0.2) is 0 Å². The molecule has 0 aliphatic heterocycles. The Kier molecular flexibility index (Phi) is 4.74. The fraction of sp³-hybridized carbons (Fsp3) is 0.500. The van der Waals surface area contributed by atoms with Gasteiger partial charge in [-0.2, -0.15) is 0 Å². The van der Waals surface area contributed by atoms with E-state index in [0.717, 1.165) is 22.9 Å². The van der Waals surface area contributed by atoms with E-state index >= 15 is 0 Å². The predicted molar refractivity (Wildman–Crippen MR) is 65.1 cm³/mol. The maximum absolute atomic E-state index is 13.1. The third-order valence-corrected chi connectivity index (χ3v) is 3.60. The average Bonchev–Trinajstić information content (AvgIpc) is 2.23. The molecule has 1 atom stereocenters. The maximum atomic E-state index is 13.1. The predicted octanol–water partition coefficient (Wildman–Crippen LogP) is 4.02. The first kappa shape index (κ1) is 12.7. The van der Waals surface area contributed by atoms with Crippen molar-refractivity contribution in [1.82, 2.24) is 0 Å². The molecule has 0 aliphatic rings. The van der Waals surface area contributed by atoms with Crippen LogP contribution in [0.3, 0.4) is 0 Å². The summed E-state index contributed by atoms with van der Waals surface area (Å²) >= 11 is 3.41. The summed E-state index contributed by atoms with van der Waals surface area (Å²) in [7, 11) is 0. The smallest absolute Gasteiger partial charge is 0.123 e. The van der Waals surface area contributed by atoms with Crippen molar-refractivity contribution in [2.75, 3.05) is 0 Å². The van der Waals surface area contributed by atoms with Gasteiger partial charge in [-0.25, -0.2) is 4.39 Å². The Bertz CT molecular complexity index is 323. The molecule has 0 bridgehead atoms. The van der Waals surface area contributed by atoms with Crippen molar-refractivity contribution < 1.29 is 4.39 Å². The summed E-state index contributed by atoms with van der Waals surface area (Å²) in [6.07, 6.45) is 2.03. The molecule has 3 heteroatoms. The highest BCUT2D eigenvalue weighted by Crippen LogP contribution is 2.30. The topological polar surface area (TPSA) is 26.0 Å². The summed E-state index contributed by atoms with van der Waals surface area (Å²) in [6.45, 7) is 4.22. The first-order valence-corrected chi connectivity index (χ1v) is 6.10. The number of hydrogen-bond acceptors (Lipinski definition) is 1. The van der Waals surface area contributed by atoms with Gasteiger partial charge in [0.05, 0.1) is 0 Å². The van der Waals surface area contributed by atoms with E-state index in [1.807, 2.05) is 0 Å². The van der Waals surface area contributed by atoms with Crippen molar-refractivity contribution in [1.29, 1.82) is 0 Å². The lowest BCUT2D eigenvalue weighted by molar-refractivity contribution is 0.403. The zero-order chi connectivity index (χ0) is 11.4. The lowest BCUT2D eigenvalue weighted by Crippen LogP contribution is -2.21. The van der Waals surface area contributed by atoms with E-state index in [1.54, 1.807) is 6.07 Å². The summed E-state index contributed by atoms with van der Waals surface area (Å²) in [5, 5.41) is 0. The van der Waals surface area contributed by atoms with Crippen LogP contribution >= 0.6 is 15.9 Å². The van der Waals surface area contributed by atoms with Crippen molar-refractivity contribution in [3.8, 4) is 0 Å². The van der Waals surface area contributed by atoms with Crippen LogP contribution in [0.4, 0.5) is 4.39 Å². The van der Waals surface area contributed by atoms with E-state index in [0.29, 0.717) is 5.92 Å². The SMILES string of the molecule is CCC(CC)C(N)c1cc(F)ccc1Br. The lowest BCUT2D eigenvalue weighted by Gasteiger charge is -2.22. The van der Waals surface area contributed by atoms with Crippen LogP contribution in [0.25, 0.3) is 0 Å². The zero-order valence-electron chi connectivity index (χ0n) is 9.13. The molecular weight excluding hydrogens is 257 g/mol. The molecule has 1 unspecified atom stereocenters. The molecule has 0 aliphatic carbocycles. The van der Waals surface area contributed by atoms with Gasteiger partial charge in [-0.05, 0) is 29.7 Å². The maximum Gasteiger partial charge on any atom is 0.123 e. The van der Waals surface area contributed by atoms with Crippen LogP contribution in [0.1, 0.15) is 38.3 Å². The van der Waals surface area contributed by atoms with Gasteiger partial charge in [0.25, 0.3) is 0 Å². The van der Waals surface area contributed by atoms with Crippen LogP contribution in [0.5, 0.6) is 0 Å². The summed E-state index contributed by atoms with van der Waals surface area (Å²) in [6, 6.07) is 4.58. The molecule has 1 rings (SSSR count). The normalized spacial score (nSPS) is 13.2. The van der Waals surface area contributed by atoms with Crippen molar-refractivity contribution in [2.24, 2.45) is 11.7 Å². The number of hydrogen-bond donors (Lipinski definition) is 1. The molecule has 1 nitrogen and oxygen atoms in total. The Labute approximate surface area is 99.0 Å². The minimum absolute atomic E-state index is 0.0925. The highest BCUT2D eigenvalue weighted by atomic mass is 79.9. The molecule has 0 spiro atoms. The molecule has 0 saturated carbocycles.